The van der Waals surface area contributed by atoms with Crippen LogP contribution in [0.4, 0.5) is 11.4 Å². The molecule has 1 aliphatic rings. The van der Waals surface area contributed by atoms with Crippen molar-refractivity contribution in [3.63, 3.8) is 0 Å². The van der Waals surface area contributed by atoms with E-state index in [1.54, 1.807) is 0 Å². The highest BCUT2D eigenvalue weighted by atomic mass is 14.9. The average molecular weight is 402 g/mol. The molecular weight excluding hydrogens is 378 g/mol. The fraction of sp³-hybridized carbons (Fsp3) is 0.0357. The van der Waals surface area contributed by atoms with Crippen LogP contribution >= 0.6 is 0 Å². The minimum absolute atomic E-state index is 0.767. The summed E-state index contributed by atoms with van der Waals surface area (Å²) >= 11 is 0. The molecule has 31 heavy (non-hydrogen) atoms. The van der Waals surface area contributed by atoms with Gasteiger partial charge in [-0.25, -0.2) is 0 Å². The number of benzene rings is 3. The fourth-order valence-corrected chi connectivity index (χ4v) is 3.93. The van der Waals surface area contributed by atoms with Crippen molar-refractivity contribution < 1.29 is 0 Å². The van der Waals surface area contributed by atoms with Crippen molar-refractivity contribution in [2.75, 3.05) is 11.1 Å². The first-order valence-corrected chi connectivity index (χ1v) is 10.4. The number of para-hydroxylation sites is 1. The first kappa shape index (κ1) is 18.9. The van der Waals surface area contributed by atoms with Crippen LogP contribution in [0.15, 0.2) is 115 Å². The number of hydrogen-bond donors (Lipinski definition) is 2. The zero-order chi connectivity index (χ0) is 21.0. The lowest BCUT2D eigenvalue weighted by molar-refractivity contribution is 1.22. The summed E-state index contributed by atoms with van der Waals surface area (Å²) < 4.78 is 0. The molecule has 150 valence electrons. The standard InChI is InChI=1S/C28H23N3/c29-22-14-11-21(12-15-22)25-17-18-26(28-27(25)10-5-19-30-28)20-6-4-9-24(16-13-20)31-23-7-2-1-3-8-23/h1-8,10-19,31H,9,29H2. The molecule has 5 rings (SSSR count). The van der Waals surface area contributed by atoms with Crippen LogP contribution in [0.3, 0.4) is 0 Å². The number of nitrogens with zero attached hydrogens (tertiary/aromatic N) is 1. The zero-order valence-electron chi connectivity index (χ0n) is 17.1. The summed E-state index contributed by atoms with van der Waals surface area (Å²) in [6, 6.07) is 26.7. The van der Waals surface area contributed by atoms with Crippen LogP contribution in [-0.2, 0) is 0 Å². The molecule has 0 aliphatic heterocycles. The van der Waals surface area contributed by atoms with Crippen LogP contribution in [0.5, 0.6) is 0 Å². The Bertz CT molecular complexity index is 1310. The quantitative estimate of drug-likeness (QED) is 0.369. The molecule has 3 N–H and O–H groups in total. The lowest BCUT2D eigenvalue weighted by Gasteiger charge is -2.11. The monoisotopic (exact) mass is 401 g/mol. The van der Waals surface area contributed by atoms with E-state index in [4.69, 9.17) is 10.7 Å². The highest BCUT2D eigenvalue weighted by Gasteiger charge is 2.12. The number of pyridine rings is 1. The zero-order valence-corrected chi connectivity index (χ0v) is 17.1. The summed E-state index contributed by atoms with van der Waals surface area (Å²) in [7, 11) is 0. The van der Waals surface area contributed by atoms with Gasteiger partial charge in [0.15, 0.2) is 0 Å². The number of nitrogen functional groups attached to an aromatic ring is 1. The molecule has 0 amide bonds. The van der Waals surface area contributed by atoms with Gasteiger partial charge in [0.25, 0.3) is 0 Å². The summed E-state index contributed by atoms with van der Waals surface area (Å²) in [6.07, 6.45) is 11.4. The number of anilines is 2. The van der Waals surface area contributed by atoms with Gasteiger partial charge in [0.1, 0.15) is 0 Å². The Morgan fingerprint density at radius 2 is 1.58 bits per heavy atom. The van der Waals surface area contributed by atoms with Crippen molar-refractivity contribution in [2.24, 2.45) is 0 Å². The average Bonchev–Trinajstić information content (AvgIpc) is 3.05. The van der Waals surface area contributed by atoms with E-state index < -0.39 is 0 Å². The fourth-order valence-electron chi connectivity index (χ4n) is 3.93. The summed E-state index contributed by atoms with van der Waals surface area (Å²) in [5, 5.41) is 4.64. The van der Waals surface area contributed by atoms with Crippen molar-refractivity contribution in [2.45, 2.75) is 6.42 Å². The van der Waals surface area contributed by atoms with E-state index in [9.17, 15) is 0 Å². The van der Waals surface area contributed by atoms with E-state index in [-0.39, 0.29) is 0 Å². The van der Waals surface area contributed by atoms with Crippen LogP contribution in [0.1, 0.15) is 12.0 Å². The molecule has 0 bridgehead atoms. The molecule has 0 spiro atoms. The third kappa shape index (κ3) is 3.99. The lowest BCUT2D eigenvalue weighted by Crippen LogP contribution is -1.97. The molecular formula is C28H23N3. The van der Waals surface area contributed by atoms with Gasteiger partial charge in [0.05, 0.1) is 5.52 Å². The molecule has 1 aromatic heterocycles. The van der Waals surface area contributed by atoms with E-state index >= 15 is 0 Å². The maximum absolute atomic E-state index is 5.88. The van der Waals surface area contributed by atoms with Crippen LogP contribution in [-0.4, -0.2) is 4.98 Å². The summed E-state index contributed by atoms with van der Waals surface area (Å²) in [6.45, 7) is 0. The molecule has 0 atom stereocenters. The minimum atomic E-state index is 0.767. The first-order chi connectivity index (χ1) is 15.3. The molecule has 1 heterocycles. The molecule has 0 saturated carbocycles. The summed E-state index contributed by atoms with van der Waals surface area (Å²) in [4.78, 5) is 4.74. The number of aromatic nitrogens is 1. The van der Waals surface area contributed by atoms with Crippen LogP contribution in [0.2, 0.25) is 0 Å². The number of hydrogen-bond acceptors (Lipinski definition) is 3. The largest absolute Gasteiger partial charge is 0.399 e. The van der Waals surface area contributed by atoms with Gasteiger partial charge in [-0.1, -0.05) is 66.8 Å². The van der Waals surface area contributed by atoms with Crippen molar-refractivity contribution in [1.82, 2.24) is 4.98 Å². The molecule has 4 aromatic rings. The predicted octanol–water partition coefficient (Wildman–Crippen LogP) is 6.82. The first-order valence-electron chi connectivity index (χ1n) is 10.4. The van der Waals surface area contributed by atoms with Gasteiger partial charge < -0.3 is 11.1 Å². The van der Waals surface area contributed by atoms with Crippen LogP contribution < -0.4 is 11.1 Å². The summed E-state index contributed by atoms with van der Waals surface area (Å²) in [5.74, 6) is 0. The third-order valence-electron chi connectivity index (χ3n) is 5.48. The molecule has 0 radical (unpaired) electrons. The highest BCUT2D eigenvalue weighted by Crippen LogP contribution is 2.34. The van der Waals surface area contributed by atoms with Crippen LogP contribution in [0, 0.1) is 0 Å². The predicted molar refractivity (Wildman–Crippen MR) is 131 cm³/mol. The molecule has 3 aromatic carbocycles. The Morgan fingerprint density at radius 1 is 0.774 bits per heavy atom. The Labute approximate surface area is 182 Å². The van der Waals surface area contributed by atoms with Crippen molar-refractivity contribution in [1.29, 1.82) is 0 Å². The SMILES string of the molecule is Nc1ccc(-c2ccc(C3=CC=C(Nc4ccccc4)CC=C3)c3ncccc23)cc1. The van der Waals surface area contributed by atoms with Gasteiger partial charge >= 0.3 is 0 Å². The molecule has 0 unspecified atom stereocenters. The van der Waals surface area contributed by atoms with Gasteiger partial charge in [-0.3, -0.25) is 4.98 Å². The Kier molecular flexibility index (Phi) is 5.07. The van der Waals surface area contributed by atoms with Gasteiger partial charge in [0, 0.05) is 40.6 Å². The molecule has 1 aliphatic carbocycles. The second-order valence-electron chi connectivity index (χ2n) is 7.59. The Morgan fingerprint density at radius 3 is 2.42 bits per heavy atom. The lowest BCUT2D eigenvalue weighted by atomic mass is 9.94. The molecule has 3 heteroatoms. The van der Waals surface area contributed by atoms with Crippen molar-refractivity contribution >= 4 is 27.9 Å². The van der Waals surface area contributed by atoms with E-state index in [2.05, 4.69) is 72.1 Å². The van der Waals surface area contributed by atoms with E-state index in [0.717, 1.165) is 56.7 Å². The highest BCUT2D eigenvalue weighted by molar-refractivity contribution is 6.02. The second kappa shape index (κ2) is 8.33. The summed E-state index contributed by atoms with van der Waals surface area (Å²) in [5.41, 5.74) is 14.5. The van der Waals surface area contributed by atoms with Gasteiger partial charge in [-0.15, -0.1) is 0 Å². The number of fused-ring (bicyclic) bond motifs is 1. The van der Waals surface area contributed by atoms with Gasteiger partial charge in [0.2, 0.25) is 0 Å². The number of nitrogens with one attached hydrogen (secondary N) is 1. The van der Waals surface area contributed by atoms with Crippen LogP contribution in [0.25, 0.3) is 27.6 Å². The number of rotatable bonds is 4. The molecule has 3 nitrogen and oxygen atoms in total. The van der Waals surface area contributed by atoms with E-state index in [1.165, 1.54) is 0 Å². The normalized spacial score (nSPS) is 13.4. The van der Waals surface area contributed by atoms with Crippen molar-refractivity contribution in [3.05, 3.63) is 121 Å². The Hall–Kier alpha value is -4.11. The second-order valence-corrected chi connectivity index (χ2v) is 7.59. The Balaban J connectivity index is 1.54. The number of nitrogens with two attached hydrogens (primary N) is 1. The van der Waals surface area contributed by atoms with E-state index in [0.29, 0.717) is 0 Å². The van der Waals surface area contributed by atoms with Gasteiger partial charge in [-0.05, 0) is 53.1 Å². The minimum Gasteiger partial charge on any atom is -0.399 e. The third-order valence-corrected chi connectivity index (χ3v) is 5.48. The van der Waals surface area contributed by atoms with E-state index in [1.807, 2.05) is 42.6 Å². The topological polar surface area (TPSA) is 50.9 Å². The maximum atomic E-state index is 5.88. The number of allylic oxidation sites excluding steroid dienone is 5. The van der Waals surface area contributed by atoms with Gasteiger partial charge in [-0.2, -0.15) is 0 Å². The molecule has 0 saturated heterocycles. The van der Waals surface area contributed by atoms with Crippen molar-refractivity contribution in [3.8, 4) is 11.1 Å². The molecule has 0 fully saturated rings. The smallest absolute Gasteiger partial charge is 0.0786 e. The maximum Gasteiger partial charge on any atom is 0.0786 e.